The minimum absolute atomic E-state index is 0.0219. The van der Waals surface area contributed by atoms with Gasteiger partial charge in [-0.05, 0) is 32.9 Å². The largest absolute Gasteiger partial charge is 0.444 e. The smallest absolute Gasteiger partial charge is 0.407 e. The highest BCUT2D eigenvalue weighted by Gasteiger charge is 2.16. The van der Waals surface area contributed by atoms with Crippen molar-refractivity contribution in [2.24, 2.45) is 0 Å². The number of hydrogen-bond acceptors (Lipinski definition) is 3. The van der Waals surface area contributed by atoms with Crippen molar-refractivity contribution < 1.29 is 18.3 Å². The minimum atomic E-state index is -2.65. The lowest BCUT2D eigenvalue weighted by molar-refractivity contribution is 0.0523. The van der Waals surface area contributed by atoms with E-state index in [1.807, 2.05) is 0 Å². The molecule has 1 rings (SSSR count). The van der Waals surface area contributed by atoms with Gasteiger partial charge >= 0.3 is 6.09 Å². The number of carbonyl (C=O) groups is 1. The molecule has 1 aromatic heterocycles. The van der Waals surface area contributed by atoms with Crippen molar-refractivity contribution in [1.82, 2.24) is 10.3 Å². The zero-order valence-corrected chi connectivity index (χ0v) is 12.4. The van der Waals surface area contributed by atoms with Crippen LogP contribution in [-0.2, 0) is 11.3 Å². The number of pyridine rings is 1. The summed E-state index contributed by atoms with van der Waals surface area (Å²) >= 11 is 3.12. The number of rotatable bonds is 3. The average Bonchev–Trinajstić information content (AvgIpc) is 2.23. The lowest BCUT2D eigenvalue weighted by atomic mass is 10.2. The van der Waals surface area contributed by atoms with Crippen molar-refractivity contribution in [1.29, 1.82) is 0 Å². The first kappa shape index (κ1) is 15.8. The highest BCUT2D eigenvalue weighted by molar-refractivity contribution is 9.10. The van der Waals surface area contributed by atoms with E-state index in [-0.39, 0.29) is 12.2 Å². The molecule has 0 saturated carbocycles. The molecule has 0 aliphatic rings. The van der Waals surface area contributed by atoms with E-state index in [1.54, 1.807) is 26.8 Å². The fourth-order valence-electron chi connectivity index (χ4n) is 1.25. The van der Waals surface area contributed by atoms with Crippen LogP contribution in [0.4, 0.5) is 13.6 Å². The van der Waals surface area contributed by atoms with Gasteiger partial charge in [-0.2, -0.15) is 0 Å². The van der Waals surface area contributed by atoms with E-state index in [2.05, 4.69) is 26.2 Å². The maximum absolute atomic E-state index is 12.6. The van der Waals surface area contributed by atoms with Gasteiger partial charge in [0.15, 0.2) is 0 Å². The lowest BCUT2D eigenvalue weighted by Crippen LogP contribution is -2.32. The van der Waals surface area contributed by atoms with Gasteiger partial charge in [0.05, 0.1) is 12.2 Å². The van der Waals surface area contributed by atoms with Crippen LogP contribution in [0.1, 0.15) is 38.6 Å². The molecule has 0 unspecified atom stereocenters. The summed E-state index contributed by atoms with van der Waals surface area (Å²) in [6.45, 7) is 5.23. The Morgan fingerprint density at radius 1 is 1.47 bits per heavy atom. The Kier molecular flexibility index (Phi) is 5.22. The highest BCUT2D eigenvalue weighted by Crippen LogP contribution is 2.21. The van der Waals surface area contributed by atoms with Crippen LogP contribution >= 0.6 is 15.9 Å². The number of hydrogen-bond donors (Lipinski definition) is 1. The van der Waals surface area contributed by atoms with E-state index in [9.17, 15) is 13.6 Å². The second-order valence-electron chi connectivity index (χ2n) is 4.86. The predicted octanol–water partition coefficient (Wildman–Crippen LogP) is 3.81. The van der Waals surface area contributed by atoms with Gasteiger partial charge in [-0.1, -0.05) is 15.9 Å². The SMILES string of the molecule is CC(C)(C)OC(=O)NCc1cc(Br)cc(C(F)F)n1. The lowest BCUT2D eigenvalue weighted by Gasteiger charge is -2.19. The second kappa shape index (κ2) is 6.27. The van der Waals surface area contributed by atoms with E-state index < -0.39 is 18.1 Å². The van der Waals surface area contributed by atoms with Crippen molar-refractivity contribution in [3.63, 3.8) is 0 Å². The Morgan fingerprint density at radius 2 is 2.11 bits per heavy atom. The number of aromatic nitrogens is 1. The molecule has 4 nitrogen and oxygen atoms in total. The number of halogens is 3. The van der Waals surface area contributed by atoms with Gasteiger partial charge in [-0.25, -0.2) is 18.6 Å². The van der Waals surface area contributed by atoms with Crippen molar-refractivity contribution in [2.75, 3.05) is 0 Å². The van der Waals surface area contributed by atoms with E-state index >= 15 is 0 Å². The van der Waals surface area contributed by atoms with Crippen molar-refractivity contribution in [3.8, 4) is 0 Å². The summed E-state index contributed by atoms with van der Waals surface area (Å²) in [5.41, 5.74) is -0.617. The summed E-state index contributed by atoms with van der Waals surface area (Å²) in [7, 11) is 0. The summed E-state index contributed by atoms with van der Waals surface area (Å²) in [6.07, 6.45) is -3.27. The molecule has 0 aliphatic heterocycles. The number of alkyl halides is 2. The van der Waals surface area contributed by atoms with Gasteiger partial charge in [0.2, 0.25) is 0 Å². The van der Waals surface area contributed by atoms with Crippen LogP contribution in [0.3, 0.4) is 0 Å². The Bertz CT molecular complexity index is 462. The Hall–Kier alpha value is -1.24. The van der Waals surface area contributed by atoms with E-state index in [4.69, 9.17) is 4.74 Å². The molecule has 0 radical (unpaired) electrons. The van der Waals surface area contributed by atoms with Crippen LogP contribution in [-0.4, -0.2) is 16.7 Å². The van der Waals surface area contributed by atoms with Crippen molar-refractivity contribution >= 4 is 22.0 Å². The highest BCUT2D eigenvalue weighted by atomic mass is 79.9. The Labute approximate surface area is 118 Å². The third kappa shape index (κ3) is 5.96. The van der Waals surface area contributed by atoms with Gasteiger partial charge < -0.3 is 10.1 Å². The summed E-state index contributed by atoms with van der Waals surface area (Å²) in [5, 5.41) is 2.46. The van der Waals surface area contributed by atoms with E-state index in [0.29, 0.717) is 10.2 Å². The number of amides is 1. The molecule has 0 fully saturated rings. The maximum atomic E-state index is 12.6. The van der Waals surface area contributed by atoms with Gasteiger partial charge in [0, 0.05) is 4.47 Å². The van der Waals surface area contributed by atoms with Gasteiger partial charge in [0.1, 0.15) is 11.3 Å². The standard InChI is InChI=1S/C12H15BrF2N2O2/c1-12(2,3)19-11(18)16-6-8-4-7(13)5-9(17-8)10(14)15/h4-5,10H,6H2,1-3H3,(H,16,18). The summed E-state index contributed by atoms with van der Waals surface area (Å²) in [4.78, 5) is 15.2. The zero-order valence-electron chi connectivity index (χ0n) is 10.8. The molecule has 0 saturated heterocycles. The van der Waals surface area contributed by atoms with Crippen LogP contribution in [0.25, 0.3) is 0 Å². The molecule has 7 heteroatoms. The molecule has 106 valence electrons. The first-order valence-corrected chi connectivity index (χ1v) is 6.38. The molecular weight excluding hydrogens is 322 g/mol. The van der Waals surface area contributed by atoms with Crippen LogP contribution in [0, 0.1) is 0 Å². The Balaban J connectivity index is 2.65. The molecule has 1 N–H and O–H groups in total. The fraction of sp³-hybridized carbons (Fsp3) is 0.500. The van der Waals surface area contributed by atoms with Crippen LogP contribution in [0.2, 0.25) is 0 Å². The fourth-order valence-corrected chi connectivity index (χ4v) is 1.75. The maximum Gasteiger partial charge on any atom is 0.407 e. The molecule has 0 atom stereocenters. The van der Waals surface area contributed by atoms with Gasteiger partial charge in [0.25, 0.3) is 6.43 Å². The summed E-state index contributed by atoms with van der Waals surface area (Å²) in [6, 6.07) is 2.80. The number of nitrogens with one attached hydrogen (secondary N) is 1. The molecule has 0 aliphatic carbocycles. The van der Waals surface area contributed by atoms with Crippen LogP contribution in [0.5, 0.6) is 0 Å². The first-order valence-electron chi connectivity index (χ1n) is 5.59. The van der Waals surface area contributed by atoms with Crippen LogP contribution < -0.4 is 5.32 Å². The van der Waals surface area contributed by atoms with Crippen LogP contribution in [0.15, 0.2) is 16.6 Å². The molecule has 1 aromatic rings. The van der Waals surface area contributed by atoms with Gasteiger partial charge in [-0.15, -0.1) is 0 Å². The molecule has 19 heavy (non-hydrogen) atoms. The molecule has 1 amide bonds. The second-order valence-corrected chi connectivity index (χ2v) is 5.77. The topological polar surface area (TPSA) is 51.2 Å². The molecule has 0 bridgehead atoms. The number of alkyl carbamates (subject to hydrolysis) is 1. The Morgan fingerprint density at radius 3 is 2.63 bits per heavy atom. The monoisotopic (exact) mass is 336 g/mol. The quantitative estimate of drug-likeness (QED) is 0.913. The number of nitrogens with zero attached hydrogens (tertiary/aromatic N) is 1. The molecule has 1 heterocycles. The first-order chi connectivity index (χ1) is 8.67. The van der Waals surface area contributed by atoms with E-state index in [0.717, 1.165) is 0 Å². The number of ether oxygens (including phenoxy) is 1. The summed E-state index contributed by atoms with van der Waals surface area (Å²) in [5.74, 6) is 0. The third-order valence-electron chi connectivity index (χ3n) is 1.90. The number of carbonyl (C=O) groups excluding carboxylic acids is 1. The third-order valence-corrected chi connectivity index (χ3v) is 2.36. The van der Waals surface area contributed by atoms with Crippen molar-refractivity contribution in [2.45, 2.75) is 39.3 Å². The normalized spacial score (nSPS) is 11.5. The summed E-state index contributed by atoms with van der Waals surface area (Å²) < 4.78 is 30.6. The average molecular weight is 337 g/mol. The van der Waals surface area contributed by atoms with Gasteiger partial charge in [-0.3, -0.25) is 0 Å². The molecular formula is C12H15BrF2N2O2. The molecule has 0 spiro atoms. The predicted molar refractivity (Wildman–Crippen MR) is 70.0 cm³/mol. The van der Waals surface area contributed by atoms with Crippen molar-refractivity contribution in [3.05, 3.63) is 28.0 Å². The van der Waals surface area contributed by atoms with E-state index in [1.165, 1.54) is 6.07 Å². The minimum Gasteiger partial charge on any atom is -0.444 e. The zero-order chi connectivity index (χ0) is 14.6. The molecule has 0 aromatic carbocycles.